The number of hydrogen-bond acceptors (Lipinski definition) is 5. The molecular weight excluding hydrogens is 508 g/mol. The molecule has 0 aliphatic carbocycles. The van der Waals surface area contributed by atoms with Crippen molar-refractivity contribution in [2.75, 3.05) is 38.0 Å². The molecule has 28 heavy (non-hydrogen) atoms. The van der Waals surface area contributed by atoms with Crippen molar-refractivity contribution in [1.29, 1.82) is 0 Å². The average Bonchev–Trinajstić information content (AvgIpc) is 3.02. The number of hydrogen-bond donors (Lipinski definition) is 1. The van der Waals surface area contributed by atoms with E-state index in [2.05, 4.69) is 37.5 Å². The molecule has 0 aromatic heterocycles. The Morgan fingerprint density at radius 1 is 1.11 bits per heavy atom. The van der Waals surface area contributed by atoms with E-state index in [-0.39, 0.29) is 17.0 Å². The number of methoxy groups -OCH3 is 2. The molecule has 8 heteroatoms. The molecule has 0 fully saturated rings. The van der Waals surface area contributed by atoms with Crippen LogP contribution in [0.3, 0.4) is 0 Å². The van der Waals surface area contributed by atoms with E-state index in [1.54, 1.807) is 26.0 Å². The molecule has 1 atom stereocenters. The van der Waals surface area contributed by atoms with Gasteiger partial charge in [-0.05, 0) is 60.6 Å². The summed E-state index contributed by atoms with van der Waals surface area (Å²) in [6.07, 6.45) is 1.04. The molecular formula is C20H22Br2N2O3S. The van der Waals surface area contributed by atoms with Gasteiger partial charge in [0.2, 0.25) is 0 Å². The van der Waals surface area contributed by atoms with Gasteiger partial charge in [-0.25, -0.2) is 9.48 Å². The second kappa shape index (κ2) is 8.65. The van der Waals surface area contributed by atoms with Crippen LogP contribution in [0.5, 0.6) is 11.5 Å². The highest BCUT2D eigenvalue weighted by atomic mass is 79.9. The molecule has 0 radical (unpaired) electrons. The fraction of sp³-hybridized carbons (Fsp3) is 0.350. The lowest BCUT2D eigenvalue weighted by Gasteiger charge is -2.25. The summed E-state index contributed by atoms with van der Waals surface area (Å²) >= 11 is 5.29. The highest BCUT2D eigenvalue weighted by molar-refractivity contribution is 9.10. The zero-order valence-corrected chi connectivity index (χ0v) is 19.7. The summed E-state index contributed by atoms with van der Waals surface area (Å²) in [5, 5.41) is 12.9. The fourth-order valence-electron chi connectivity index (χ4n) is 3.66. The van der Waals surface area contributed by atoms with Gasteiger partial charge < -0.3 is 31.6 Å². The van der Waals surface area contributed by atoms with Crippen molar-refractivity contribution in [3.8, 4) is 11.5 Å². The Morgan fingerprint density at radius 2 is 1.82 bits per heavy atom. The predicted molar refractivity (Wildman–Crippen MR) is 112 cm³/mol. The van der Waals surface area contributed by atoms with Crippen LogP contribution in [-0.4, -0.2) is 47.9 Å². The molecule has 2 aliphatic rings. The third kappa shape index (κ3) is 3.67. The molecule has 0 spiro atoms. The van der Waals surface area contributed by atoms with Crippen molar-refractivity contribution in [2.24, 2.45) is 0 Å². The van der Waals surface area contributed by atoms with E-state index < -0.39 is 5.72 Å². The van der Waals surface area contributed by atoms with E-state index in [0.717, 1.165) is 39.6 Å². The van der Waals surface area contributed by atoms with Crippen molar-refractivity contribution >= 4 is 38.5 Å². The first-order valence-electron chi connectivity index (χ1n) is 8.82. The standard InChI is InChI=1S/C20H22BrN2O3S.BrH/c1-25-17-9-4-14(12-18(17)26-2)20(24)13-22(16-7-5-15(21)6-8-16)19-23(20)10-3-11-27-19;/h4-9,12,24H,3,10-11,13H2,1-2H3;1H/q+1;/p-1. The molecule has 0 saturated carbocycles. The third-order valence-corrected chi connectivity index (χ3v) is 6.75. The van der Waals surface area contributed by atoms with Crippen molar-refractivity contribution in [3.05, 3.63) is 52.5 Å². The van der Waals surface area contributed by atoms with Crippen LogP contribution < -0.4 is 31.4 Å². The van der Waals surface area contributed by atoms with E-state index in [4.69, 9.17) is 9.47 Å². The van der Waals surface area contributed by atoms with Crippen LogP contribution in [0.4, 0.5) is 5.69 Å². The normalized spacial score (nSPS) is 21.2. The molecule has 2 aromatic rings. The molecule has 0 bridgehead atoms. The first kappa shape index (κ1) is 21.5. The Hall–Kier alpha value is -1.22. The molecule has 0 saturated heterocycles. The van der Waals surface area contributed by atoms with Gasteiger partial charge in [-0.15, -0.1) is 0 Å². The number of amidine groups is 1. The Bertz CT molecular complexity index is 892. The van der Waals surface area contributed by atoms with E-state index in [1.165, 1.54) is 0 Å². The van der Waals surface area contributed by atoms with Gasteiger partial charge in [-0.3, -0.25) is 0 Å². The maximum Gasteiger partial charge on any atom is 0.316 e. The van der Waals surface area contributed by atoms with Crippen molar-refractivity contribution in [1.82, 2.24) is 0 Å². The van der Waals surface area contributed by atoms with Crippen LogP contribution in [0.25, 0.3) is 0 Å². The summed E-state index contributed by atoms with van der Waals surface area (Å²) < 4.78 is 14.0. The van der Waals surface area contributed by atoms with E-state index in [1.807, 2.05) is 30.3 Å². The minimum absolute atomic E-state index is 0. The summed E-state index contributed by atoms with van der Waals surface area (Å²) in [4.78, 5) is 2.20. The van der Waals surface area contributed by atoms with E-state index >= 15 is 0 Å². The van der Waals surface area contributed by atoms with Gasteiger partial charge in [0.15, 0.2) is 18.0 Å². The average molecular weight is 530 g/mol. The molecule has 150 valence electrons. The minimum Gasteiger partial charge on any atom is -1.00 e. The van der Waals surface area contributed by atoms with Gasteiger partial charge in [0, 0.05) is 15.8 Å². The van der Waals surface area contributed by atoms with Gasteiger partial charge in [0.25, 0.3) is 5.72 Å². The van der Waals surface area contributed by atoms with Crippen molar-refractivity contribution in [2.45, 2.75) is 12.1 Å². The molecule has 2 heterocycles. The number of ether oxygens (including phenoxy) is 2. The summed E-state index contributed by atoms with van der Waals surface area (Å²) in [5.41, 5.74) is 0.763. The number of benzene rings is 2. The van der Waals surface area contributed by atoms with Crippen LogP contribution in [-0.2, 0) is 5.72 Å². The van der Waals surface area contributed by atoms with Crippen LogP contribution in [0.1, 0.15) is 12.0 Å². The smallest absolute Gasteiger partial charge is 0.316 e. The van der Waals surface area contributed by atoms with Crippen molar-refractivity contribution in [3.63, 3.8) is 0 Å². The number of anilines is 1. The second-order valence-corrected chi connectivity index (χ2v) is 8.56. The Balaban J connectivity index is 0.00000225. The van der Waals surface area contributed by atoms with E-state index in [0.29, 0.717) is 18.0 Å². The SMILES string of the molecule is COc1ccc(C2(O)CN(c3ccc(Br)cc3)C3=[N+]2CCCS3)cc1OC.[Br-]. The molecule has 2 aliphatic heterocycles. The molecule has 2 aromatic carbocycles. The number of nitrogens with zero attached hydrogens (tertiary/aromatic N) is 2. The third-order valence-electron chi connectivity index (χ3n) is 5.03. The predicted octanol–water partition coefficient (Wildman–Crippen LogP) is 0.641. The highest BCUT2D eigenvalue weighted by Gasteiger charge is 2.53. The van der Waals surface area contributed by atoms with Crippen LogP contribution in [0, 0.1) is 0 Å². The number of rotatable bonds is 4. The second-order valence-electron chi connectivity index (χ2n) is 6.59. The zero-order chi connectivity index (χ0) is 19.0. The molecule has 1 unspecified atom stereocenters. The zero-order valence-electron chi connectivity index (χ0n) is 15.7. The monoisotopic (exact) mass is 528 g/mol. The number of β-amino-alcohol motifs (C(OH)–C–C–N with tert-alkyl or cyclic N) is 1. The lowest BCUT2D eigenvalue weighted by molar-refractivity contribution is -0.656. The fourth-order valence-corrected chi connectivity index (χ4v) is 5.10. The number of aliphatic hydroxyl groups is 1. The number of halogens is 2. The van der Waals surface area contributed by atoms with Gasteiger partial charge >= 0.3 is 5.17 Å². The first-order valence-corrected chi connectivity index (χ1v) is 10.6. The maximum atomic E-state index is 11.8. The molecule has 1 N–H and O–H groups in total. The highest BCUT2D eigenvalue weighted by Crippen LogP contribution is 2.40. The Morgan fingerprint density at radius 3 is 2.50 bits per heavy atom. The Labute approximate surface area is 188 Å². The quantitative estimate of drug-likeness (QED) is 0.589. The lowest BCUT2D eigenvalue weighted by Crippen LogP contribution is -3.00. The molecule has 4 rings (SSSR count). The van der Waals surface area contributed by atoms with Crippen LogP contribution in [0.15, 0.2) is 46.9 Å². The summed E-state index contributed by atoms with van der Waals surface area (Å²) in [6.45, 7) is 1.28. The summed E-state index contributed by atoms with van der Waals surface area (Å²) in [5.74, 6) is 2.34. The summed E-state index contributed by atoms with van der Waals surface area (Å²) in [7, 11) is 3.23. The largest absolute Gasteiger partial charge is 1.00 e. The lowest BCUT2D eigenvalue weighted by atomic mass is 10.0. The minimum atomic E-state index is -1.12. The van der Waals surface area contributed by atoms with Gasteiger partial charge in [-0.1, -0.05) is 15.9 Å². The maximum absolute atomic E-state index is 11.8. The summed E-state index contributed by atoms with van der Waals surface area (Å²) in [6, 6.07) is 13.9. The van der Waals surface area contributed by atoms with Crippen LogP contribution in [0.2, 0.25) is 0 Å². The van der Waals surface area contributed by atoms with Gasteiger partial charge in [0.1, 0.15) is 5.69 Å². The Kier molecular flexibility index (Phi) is 6.64. The first-order chi connectivity index (χ1) is 13.1. The molecule has 5 nitrogen and oxygen atoms in total. The topological polar surface area (TPSA) is 44.9 Å². The van der Waals surface area contributed by atoms with Crippen LogP contribution >= 0.6 is 27.7 Å². The number of thioether (sulfide) groups is 1. The van der Waals surface area contributed by atoms with Gasteiger partial charge in [0.05, 0.1) is 20.8 Å². The van der Waals surface area contributed by atoms with Gasteiger partial charge in [-0.2, -0.15) is 0 Å². The van der Waals surface area contributed by atoms with E-state index in [9.17, 15) is 5.11 Å². The molecule has 0 amide bonds. The van der Waals surface area contributed by atoms with Crippen molar-refractivity contribution < 1.29 is 36.1 Å².